The van der Waals surface area contributed by atoms with Crippen molar-refractivity contribution in [2.75, 3.05) is 5.33 Å². The topological polar surface area (TPSA) is 81.7 Å². The van der Waals surface area contributed by atoms with Crippen LogP contribution in [0.2, 0.25) is 10.0 Å². The highest BCUT2D eigenvalue weighted by Gasteiger charge is 2.50. The summed E-state index contributed by atoms with van der Waals surface area (Å²) in [5.74, 6) is -2.33. The molecule has 0 spiro atoms. The first-order chi connectivity index (χ1) is 12.2. The molecule has 0 saturated heterocycles. The van der Waals surface area contributed by atoms with Crippen molar-refractivity contribution in [3.63, 3.8) is 0 Å². The first kappa shape index (κ1) is 20.7. The lowest BCUT2D eigenvalue weighted by molar-refractivity contribution is -0.142. The number of hydrogen-bond acceptors (Lipinski definition) is 5. The van der Waals surface area contributed by atoms with Crippen molar-refractivity contribution < 1.29 is 23.9 Å². The van der Waals surface area contributed by atoms with E-state index in [2.05, 4.69) is 21.2 Å². The van der Waals surface area contributed by atoms with Gasteiger partial charge < -0.3 is 9.47 Å². The third-order valence-electron chi connectivity index (χ3n) is 3.63. The summed E-state index contributed by atoms with van der Waals surface area (Å²) in [5, 5.41) is 3.73. The minimum Gasteiger partial charge on any atom is -0.456 e. The minimum absolute atomic E-state index is 0.203. The van der Waals surface area contributed by atoms with Crippen LogP contribution in [-0.4, -0.2) is 23.0 Å². The molecular formula is C17H16BrCl2NO5. The summed E-state index contributed by atoms with van der Waals surface area (Å²) < 4.78 is 10.7. The zero-order valence-corrected chi connectivity index (χ0v) is 17.1. The van der Waals surface area contributed by atoms with Gasteiger partial charge in [-0.25, -0.2) is 0 Å². The monoisotopic (exact) mass is 463 g/mol. The van der Waals surface area contributed by atoms with Gasteiger partial charge in [0.05, 0.1) is 0 Å². The van der Waals surface area contributed by atoms with Crippen LogP contribution >= 0.6 is 39.1 Å². The fourth-order valence-electron chi connectivity index (χ4n) is 2.39. The molecule has 0 aromatic heterocycles. The first-order valence-electron chi connectivity index (χ1n) is 7.67. The highest BCUT2D eigenvalue weighted by Crippen LogP contribution is 2.42. The molecule has 0 bridgehead atoms. The molecule has 1 N–H and O–H groups in total. The van der Waals surface area contributed by atoms with Gasteiger partial charge in [-0.2, -0.15) is 0 Å². The molecule has 26 heavy (non-hydrogen) atoms. The van der Waals surface area contributed by atoms with Crippen LogP contribution in [0.3, 0.4) is 0 Å². The molecule has 1 aromatic carbocycles. The van der Waals surface area contributed by atoms with E-state index < -0.39 is 17.4 Å². The lowest BCUT2D eigenvalue weighted by atomic mass is 9.91. The fourth-order valence-corrected chi connectivity index (χ4v) is 3.14. The molecule has 0 aliphatic carbocycles. The number of Topliss-reactive ketones (excluding diaryl/α,β-unsaturated/α-hetero) is 1. The van der Waals surface area contributed by atoms with E-state index >= 15 is 0 Å². The molecule has 0 fully saturated rings. The van der Waals surface area contributed by atoms with E-state index in [1.165, 1.54) is 19.1 Å². The molecular weight excluding hydrogens is 449 g/mol. The summed E-state index contributed by atoms with van der Waals surface area (Å²) >= 11 is 15.4. The average molecular weight is 465 g/mol. The van der Waals surface area contributed by atoms with Gasteiger partial charge in [-0.3, -0.25) is 19.7 Å². The maximum absolute atomic E-state index is 12.9. The Morgan fingerprint density at radius 2 is 2.04 bits per heavy atom. The van der Waals surface area contributed by atoms with E-state index in [9.17, 15) is 14.4 Å². The van der Waals surface area contributed by atoms with Crippen LogP contribution < -0.4 is 5.32 Å². The van der Waals surface area contributed by atoms with Crippen LogP contribution in [-0.2, 0) is 29.5 Å². The number of carbonyl (C=O) groups excluding carboxylic acids is 3. The van der Waals surface area contributed by atoms with Crippen molar-refractivity contribution in [2.24, 2.45) is 0 Å². The zero-order valence-electron chi connectivity index (χ0n) is 14.0. The third-order valence-corrected chi connectivity index (χ3v) is 4.76. The number of ketones is 1. The Morgan fingerprint density at radius 3 is 2.65 bits per heavy atom. The largest absolute Gasteiger partial charge is 0.456 e. The van der Waals surface area contributed by atoms with Crippen LogP contribution in [0.15, 0.2) is 29.8 Å². The molecule has 9 heteroatoms. The summed E-state index contributed by atoms with van der Waals surface area (Å²) in [4.78, 5) is 36.3. The Bertz CT molecular complexity index is 795. The van der Waals surface area contributed by atoms with E-state index in [1.807, 2.05) is 0 Å². The Labute approximate surface area is 168 Å². The number of esters is 1. The average Bonchev–Trinajstić information content (AvgIpc) is 2.80. The quantitative estimate of drug-likeness (QED) is 0.511. The molecule has 1 atom stereocenters. The van der Waals surface area contributed by atoms with Crippen LogP contribution in [0.1, 0.15) is 32.3 Å². The van der Waals surface area contributed by atoms with Crippen molar-refractivity contribution in [1.29, 1.82) is 0 Å². The number of ether oxygens (including phenoxy) is 2. The molecule has 6 nitrogen and oxygen atoms in total. The molecule has 1 amide bonds. The highest BCUT2D eigenvalue weighted by molar-refractivity contribution is 9.09. The van der Waals surface area contributed by atoms with Crippen molar-refractivity contribution >= 4 is 56.8 Å². The summed E-state index contributed by atoms with van der Waals surface area (Å²) in [6, 6.07) is 4.58. The molecule has 0 radical (unpaired) electrons. The normalized spacial score (nSPS) is 19.3. The SMILES string of the molecule is CC(=O)OC1=C(NC(=O)CCCBr)OC(C)(c2cc(Cl)ccc2Cl)C1=O. The Hall–Kier alpha value is -1.57. The van der Waals surface area contributed by atoms with Gasteiger partial charge in [-0.15, -0.1) is 0 Å². The summed E-state index contributed by atoms with van der Waals surface area (Å²) in [6.45, 7) is 2.61. The highest BCUT2D eigenvalue weighted by atomic mass is 79.9. The molecule has 1 unspecified atom stereocenters. The zero-order chi connectivity index (χ0) is 19.5. The predicted molar refractivity (Wildman–Crippen MR) is 99.9 cm³/mol. The second kappa shape index (κ2) is 8.41. The standard InChI is InChI=1S/C17H16BrCl2NO5/c1-9(22)25-14-15(24)17(2,11-8-10(19)5-6-12(11)20)26-16(14)21-13(23)4-3-7-18/h5-6,8H,3-4,7H2,1-2H3,(H,21,23). The molecule has 1 aliphatic heterocycles. The predicted octanol–water partition coefficient (Wildman–Crippen LogP) is 3.83. The van der Waals surface area contributed by atoms with Gasteiger partial charge in [0, 0.05) is 34.3 Å². The first-order valence-corrected chi connectivity index (χ1v) is 9.54. The second-order valence-corrected chi connectivity index (χ2v) is 7.32. The van der Waals surface area contributed by atoms with Crippen molar-refractivity contribution in [2.45, 2.75) is 32.3 Å². The van der Waals surface area contributed by atoms with E-state index in [0.29, 0.717) is 22.3 Å². The smallest absolute Gasteiger partial charge is 0.308 e. The molecule has 1 heterocycles. The van der Waals surface area contributed by atoms with Crippen LogP contribution in [0, 0.1) is 0 Å². The number of hydrogen-bond donors (Lipinski definition) is 1. The number of nitrogens with one attached hydrogen (secondary N) is 1. The van der Waals surface area contributed by atoms with Crippen molar-refractivity contribution in [3.05, 3.63) is 45.5 Å². The fraction of sp³-hybridized carbons (Fsp3) is 0.353. The Kier molecular flexibility index (Phi) is 6.71. The van der Waals surface area contributed by atoms with E-state index in [-0.39, 0.29) is 29.0 Å². The van der Waals surface area contributed by atoms with Gasteiger partial charge in [0.25, 0.3) is 5.78 Å². The van der Waals surface area contributed by atoms with Gasteiger partial charge >= 0.3 is 5.97 Å². The molecule has 140 valence electrons. The third kappa shape index (κ3) is 4.39. The summed E-state index contributed by atoms with van der Waals surface area (Å²) in [5.41, 5.74) is -1.30. The Balaban J connectivity index is 2.40. The van der Waals surface area contributed by atoms with E-state index in [1.54, 1.807) is 6.07 Å². The van der Waals surface area contributed by atoms with Gasteiger partial charge in [0.2, 0.25) is 23.2 Å². The maximum Gasteiger partial charge on any atom is 0.308 e. The molecule has 0 saturated carbocycles. The van der Waals surface area contributed by atoms with E-state index in [0.717, 1.165) is 6.92 Å². The lowest BCUT2D eigenvalue weighted by Crippen LogP contribution is -2.33. The number of halogens is 3. The van der Waals surface area contributed by atoms with Crippen LogP contribution in [0.25, 0.3) is 0 Å². The second-order valence-electron chi connectivity index (χ2n) is 5.68. The van der Waals surface area contributed by atoms with Gasteiger partial charge in [-0.05, 0) is 31.5 Å². The molecule has 1 aromatic rings. The Morgan fingerprint density at radius 1 is 1.35 bits per heavy atom. The van der Waals surface area contributed by atoms with Crippen LogP contribution in [0.4, 0.5) is 0 Å². The van der Waals surface area contributed by atoms with E-state index in [4.69, 9.17) is 32.7 Å². The van der Waals surface area contributed by atoms with Gasteiger partial charge in [-0.1, -0.05) is 39.1 Å². The minimum atomic E-state index is -1.59. The summed E-state index contributed by atoms with van der Waals surface area (Å²) in [6.07, 6.45) is 0.793. The van der Waals surface area contributed by atoms with Crippen LogP contribution in [0.5, 0.6) is 0 Å². The van der Waals surface area contributed by atoms with Crippen molar-refractivity contribution in [1.82, 2.24) is 5.32 Å². The number of benzene rings is 1. The number of rotatable bonds is 6. The van der Waals surface area contributed by atoms with Gasteiger partial charge in [0.15, 0.2) is 0 Å². The van der Waals surface area contributed by atoms with Crippen molar-refractivity contribution in [3.8, 4) is 0 Å². The lowest BCUT2D eigenvalue weighted by Gasteiger charge is -2.24. The van der Waals surface area contributed by atoms with Gasteiger partial charge in [0.1, 0.15) is 0 Å². The number of amides is 1. The maximum atomic E-state index is 12.9. The number of carbonyl (C=O) groups is 3. The summed E-state index contributed by atoms with van der Waals surface area (Å²) in [7, 11) is 0. The number of alkyl halides is 1. The molecule has 1 aliphatic rings. The molecule has 2 rings (SSSR count).